The second kappa shape index (κ2) is 9.78. The average molecular weight is 392 g/mol. The summed E-state index contributed by atoms with van der Waals surface area (Å²) < 4.78 is 1.08. The van der Waals surface area contributed by atoms with Crippen molar-refractivity contribution >= 4 is 33.6 Å². The molecule has 4 heteroatoms. The number of benzene rings is 2. The summed E-state index contributed by atoms with van der Waals surface area (Å²) in [5.41, 5.74) is 2.56. The van der Waals surface area contributed by atoms with Crippen molar-refractivity contribution in [3.05, 3.63) is 70.2 Å². The first-order valence-electron chi connectivity index (χ1n) is 7.79. The number of amides is 1. The molecule has 0 spiro atoms. The van der Waals surface area contributed by atoms with Gasteiger partial charge in [0, 0.05) is 16.3 Å². The van der Waals surface area contributed by atoms with E-state index in [2.05, 4.69) is 64.6 Å². The lowest BCUT2D eigenvalue weighted by Gasteiger charge is -2.13. The lowest BCUT2D eigenvalue weighted by atomic mass is 10.1. The molecule has 2 aromatic carbocycles. The van der Waals surface area contributed by atoms with Crippen LogP contribution in [0.3, 0.4) is 0 Å². The van der Waals surface area contributed by atoms with E-state index < -0.39 is 0 Å². The van der Waals surface area contributed by atoms with Gasteiger partial charge in [-0.2, -0.15) is 0 Å². The van der Waals surface area contributed by atoms with Gasteiger partial charge in [-0.15, -0.1) is 11.8 Å². The quantitative estimate of drug-likeness (QED) is 0.698. The van der Waals surface area contributed by atoms with Gasteiger partial charge in [-0.1, -0.05) is 58.4 Å². The number of hydrogen-bond donors (Lipinski definition) is 1. The van der Waals surface area contributed by atoms with Crippen LogP contribution < -0.4 is 5.32 Å². The zero-order valence-electron chi connectivity index (χ0n) is 13.3. The molecule has 0 saturated carbocycles. The van der Waals surface area contributed by atoms with E-state index in [9.17, 15) is 4.79 Å². The molecular formula is C19H22BrNOS. The molecule has 0 radical (unpaired) electrons. The summed E-state index contributed by atoms with van der Waals surface area (Å²) in [6.07, 6.45) is 1.96. The third-order valence-electron chi connectivity index (χ3n) is 3.53. The van der Waals surface area contributed by atoms with Crippen LogP contribution >= 0.6 is 27.7 Å². The number of rotatable bonds is 8. The highest BCUT2D eigenvalue weighted by Gasteiger charge is 2.07. The van der Waals surface area contributed by atoms with Crippen molar-refractivity contribution in [2.75, 3.05) is 5.75 Å². The Labute approximate surface area is 151 Å². The summed E-state index contributed by atoms with van der Waals surface area (Å²) in [6.45, 7) is 2.07. The molecule has 1 N–H and O–H groups in total. The molecule has 1 amide bonds. The SMILES string of the molecule is C[C@@H](CCc1ccccc1)NC(=O)CSCc1ccc(Br)cc1. The molecule has 0 aliphatic rings. The molecule has 1 atom stereocenters. The van der Waals surface area contributed by atoms with E-state index in [1.54, 1.807) is 11.8 Å². The molecule has 0 aliphatic heterocycles. The fourth-order valence-corrected chi connectivity index (χ4v) is 3.32. The largest absolute Gasteiger partial charge is 0.353 e. The molecule has 0 saturated heterocycles. The van der Waals surface area contributed by atoms with Gasteiger partial charge in [-0.05, 0) is 43.0 Å². The lowest BCUT2D eigenvalue weighted by Crippen LogP contribution is -2.34. The molecule has 0 fully saturated rings. The average Bonchev–Trinajstić information content (AvgIpc) is 2.56. The Hall–Kier alpha value is -1.26. The minimum atomic E-state index is 0.118. The summed E-state index contributed by atoms with van der Waals surface area (Å²) >= 11 is 5.07. The van der Waals surface area contributed by atoms with Gasteiger partial charge in [0.05, 0.1) is 5.75 Å². The maximum absolute atomic E-state index is 12.0. The second-order valence-corrected chi connectivity index (χ2v) is 7.51. The molecule has 0 aliphatic carbocycles. The number of halogens is 1. The molecule has 122 valence electrons. The summed E-state index contributed by atoms with van der Waals surface area (Å²) in [5.74, 6) is 1.48. The molecule has 2 nitrogen and oxygen atoms in total. The van der Waals surface area contributed by atoms with Crippen LogP contribution in [0.25, 0.3) is 0 Å². The highest BCUT2D eigenvalue weighted by atomic mass is 79.9. The third-order valence-corrected chi connectivity index (χ3v) is 5.06. The molecule has 0 heterocycles. The van der Waals surface area contributed by atoms with E-state index in [1.807, 2.05) is 18.2 Å². The van der Waals surface area contributed by atoms with Crippen LogP contribution in [0.2, 0.25) is 0 Å². The summed E-state index contributed by atoms with van der Waals surface area (Å²) in [4.78, 5) is 12.0. The number of hydrogen-bond acceptors (Lipinski definition) is 2. The number of carbonyl (C=O) groups excluding carboxylic acids is 1. The fourth-order valence-electron chi connectivity index (χ4n) is 2.26. The van der Waals surface area contributed by atoms with Crippen LogP contribution in [-0.2, 0) is 17.0 Å². The van der Waals surface area contributed by atoms with E-state index in [4.69, 9.17) is 0 Å². The normalized spacial score (nSPS) is 11.9. The van der Waals surface area contributed by atoms with Gasteiger partial charge in [-0.3, -0.25) is 4.79 Å². The van der Waals surface area contributed by atoms with Crippen LogP contribution in [0, 0.1) is 0 Å². The maximum Gasteiger partial charge on any atom is 0.230 e. The number of carbonyl (C=O) groups is 1. The summed E-state index contributed by atoms with van der Waals surface area (Å²) in [5, 5.41) is 3.08. The van der Waals surface area contributed by atoms with E-state index in [-0.39, 0.29) is 11.9 Å². The monoisotopic (exact) mass is 391 g/mol. The van der Waals surface area contributed by atoms with Crippen LogP contribution in [0.4, 0.5) is 0 Å². The van der Waals surface area contributed by atoms with E-state index in [0.29, 0.717) is 5.75 Å². The molecule has 2 rings (SSSR count). The smallest absolute Gasteiger partial charge is 0.230 e. The first-order valence-corrected chi connectivity index (χ1v) is 9.74. The molecule has 0 bridgehead atoms. The van der Waals surface area contributed by atoms with Crippen LogP contribution in [0.1, 0.15) is 24.5 Å². The van der Waals surface area contributed by atoms with Crippen molar-refractivity contribution in [3.8, 4) is 0 Å². The van der Waals surface area contributed by atoms with E-state index >= 15 is 0 Å². The molecule has 0 unspecified atom stereocenters. The Balaban J connectivity index is 1.63. The molecule has 23 heavy (non-hydrogen) atoms. The van der Waals surface area contributed by atoms with Gasteiger partial charge >= 0.3 is 0 Å². The van der Waals surface area contributed by atoms with Crippen molar-refractivity contribution in [3.63, 3.8) is 0 Å². The van der Waals surface area contributed by atoms with Crippen LogP contribution in [0.5, 0.6) is 0 Å². The number of nitrogens with one attached hydrogen (secondary N) is 1. The first-order chi connectivity index (χ1) is 11.1. The van der Waals surface area contributed by atoms with Gasteiger partial charge in [0.1, 0.15) is 0 Å². The molecule has 0 aromatic heterocycles. The predicted octanol–water partition coefficient (Wildman–Crippen LogP) is 4.82. The Bertz CT molecular complexity index is 601. The third kappa shape index (κ3) is 7.23. The predicted molar refractivity (Wildman–Crippen MR) is 103 cm³/mol. The van der Waals surface area contributed by atoms with Gasteiger partial charge < -0.3 is 5.32 Å². The minimum absolute atomic E-state index is 0.118. The van der Waals surface area contributed by atoms with Crippen molar-refractivity contribution in [2.24, 2.45) is 0 Å². The van der Waals surface area contributed by atoms with Gasteiger partial charge in [0.2, 0.25) is 5.91 Å². The van der Waals surface area contributed by atoms with E-state index in [1.165, 1.54) is 11.1 Å². The molecule has 2 aromatic rings. The summed E-state index contributed by atoms with van der Waals surface area (Å²) in [7, 11) is 0. The lowest BCUT2D eigenvalue weighted by molar-refractivity contribution is -0.119. The van der Waals surface area contributed by atoms with Crippen LogP contribution in [0.15, 0.2) is 59.1 Å². The first kappa shape index (κ1) is 18.1. The number of thioether (sulfide) groups is 1. The van der Waals surface area contributed by atoms with Crippen molar-refractivity contribution in [1.82, 2.24) is 5.32 Å². The summed E-state index contributed by atoms with van der Waals surface area (Å²) in [6, 6.07) is 18.8. The van der Waals surface area contributed by atoms with Gasteiger partial charge in [-0.25, -0.2) is 0 Å². The Morgan fingerprint density at radius 2 is 1.78 bits per heavy atom. The van der Waals surface area contributed by atoms with Crippen molar-refractivity contribution < 1.29 is 4.79 Å². The second-order valence-electron chi connectivity index (χ2n) is 5.61. The highest BCUT2D eigenvalue weighted by Crippen LogP contribution is 2.15. The Morgan fingerprint density at radius 1 is 1.09 bits per heavy atom. The van der Waals surface area contributed by atoms with E-state index in [0.717, 1.165) is 23.1 Å². The standard InChI is InChI=1S/C19H22BrNOS/c1-15(7-8-16-5-3-2-4-6-16)21-19(22)14-23-13-17-9-11-18(20)12-10-17/h2-6,9-12,15H,7-8,13-14H2,1H3,(H,21,22)/t15-/m0/s1. The van der Waals surface area contributed by atoms with Gasteiger partial charge in [0.25, 0.3) is 0 Å². The Kier molecular flexibility index (Phi) is 7.69. The fraction of sp³-hybridized carbons (Fsp3) is 0.316. The highest BCUT2D eigenvalue weighted by molar-refractivity contribution is 9.10. The number of aryl methyl sites for hydroxylation is 1. The van der Waals surface area contributed by atoms with Gasteiger partial charge in [0.15, 0.2) is 0 Å². The van der Waals surface area contributed by atoms with Crippen LogP contribution in [-0.4, -0.2) is 17.7 Å². The van der Waals surface area contributed by atoms with Crippen molar-refractivity contribution in [2.45, 2.75) is 31.6 Å². The Morgan fingerprint density at radius 3 is 2.48 bits per heavy atom. The minimum Gasteiger partial charge on any atom is -0.353 e. The molecular weight excluding hydrogens is 370 g/mol. The van der Waals surface area contributed by atoms with Crippen molar-refractivity contribution in [1.29, 1.82) is 0 Å². The maximum atomic E-state index is 12.0. The topological polar surface area (TPSA) is 29.1 Å². The zero-order chi connectivity index (χ0) is 16.5. The zero-order valence-corrected chi connectivity index (χ0v) is 15.7.